The minimum Gasteiger partial charge on any atom is -0.385 e. The number of aliphatic hydroxyl groups is 1. The first kappa shape index (κ1) is 13.9. The molecule has 0 saturated carbocycles. The highest BCUT2D eigenvalue weighted by atomic mass is 35.5. The predicted molar refractivity (Wildman–Crippen MR) is 75.9 cm³/mol. The minimum absolute atomic E-state index is 0.677. The molecule has 1 aliphatic rings. The largest absolute Gasteiger partial charge is 0.385 e. The van der Waals surface area contributed by atoms with Crippen molar-refractivity contribution in [1.82, 2.24) is 4.90 Å². The summed E-state index contributed by atoms with van der Waals surface area (Å²) in [4.78, 5) is 2.43. The summed E-state index contributed by atoms with van der Waals surface area (Å²) >= 11 is 6.19. The maximum absolute atomic E-state index is 10.8. The van der Waals surface area contributed by atoms with Gasteiger partial charge in [0.2, 0.25) is 0 Å². The Hall–Kier alpha value is -0.570. The Balaban J connectivity index is 2.05. The fourth-order valence-electron chi connectivity index (χ4n) is 2.73. The van der Waals surface area contributed by atoms with Crippen LogP contribution >= 0.6 is 11.6 Å². The monoisotopic (exact) mass is 267 g/mol. The molecule has 18 heavy (non-hydrogen) atoms. The van der Waals surface area contributed by atoms with Crippen LogP contribution in [0.5, 0.6) is 0 Å². The molecule has 1 fully saturated rings. The third-order valence-corrected chi connectivity index (χ3v) is 4.01. The van der Waals surface area contributed by atoms with Crippen LogP contribution < -0.4 is 0 Å². The molecular weight excluding hydrogens is 246 g/mol. The zero-order valence-corrected chi connectivity index (χ0v) is 12.0. The standard InChI is InChI=1S/C15H22ClNO/c1-12(2)11-17-9-7-15(18,8-10-17)13-5-3-4-6-14(13)16/h3-6,12,18H,7-11H2,1-2H3. The van der Waals surface area contributed by atoms with E-state index in [-0.39, 0.29) is 0 Å². The van der Waals surface area contributed by atoms with Gasteiger partial charge in [0.1, 0.15) is 0 Å². The van der Waals surface area contributed by atoms with E-state index in [2.05, 4.69) is 18.7 Å². The lowest BCUT2D eigenvalue weighted by molar-refractivity contribution is -0.0278. The van der Waals surface area contributed by atoms with E-state index in [1.807, 2.05) is 24.3 Å². The van der Waals surface area contributed by atoms with Crippen molar-refractivity contribution < 1.29 is 5.11 Å². The molecule has 0 spiro atoms. The van der Waals surface area contributed by atoms with Gasteiger partial charge in [0.05, 0.1) is 5.60 Å². The van der Waals surface area contributed by atoms with E-state index in [1.54, 1.807) is 0 Å². The predicted octanol–water partition coefficient (Wildman–Crippen LogP) is 3.28. The lowest BCUT2D eigenvalue weighted by atomic mass is 9.84. The molecule has 1 saturated heterocycles. The molecule has 2 rings (SSSR count). The fraction of sp³-hybridized carbons (Fsp3) is 0.600. The molecule has 0 amide bonds. The highest BCUT2D eigenvalue weighted by molar-refractivity contribution is 6.31. The van der Waals surface area contributed by atoms with E-state index in [0.717, 1.165) is 38.0 Å². The van der Waals surface area contributed by atoms with Gasteiger partial charge in [0.15, 0.2) is 0 Å². The second-order valence-electron chi connectivity index (χ2n) is 5.71. The Morgan fingerprint density at radius 2 is 1.89 bits per heavy atom. The fourth-order valence-corrected chi connectivity index (χ4v) is 3.04. The zero-order valence-electron chi connectivity index (χ0n) is 11.2. The SMILES string of the molecule is CC(C)CN1CCC(O)(c2ccccc2Cl)CC1. The Kier molecular flexibility index (Phi) is 4.31. The van der Waals surface area contributed by atoms with Crippen LogP contribution in [0.1, 0.15) is 32.3 Å². The first-order valence-electron chi connectivity index (χ1n) is 6.71. The van der Waals surface area contributed by atoms with Crippen LogP contribution in [0.25, 0.3) is 0 Å². The Morgan fingerprint density at radius 1 is 1.28 bits per heavy atom. The summed E-state index contributed by atoms with van der Waals surface area (Å²) in [5.41, 5.74) is 0.141. The van der Waals surface area contributed by atoms with E-state index >= 15 is 0 Å². The molecule has 0 aliphatic carbocycles. The number of likely N-dealkylation sites (tertiary alicyclic amines) is 1. The summed E-state index contributed by atoms with van der Waals surface area (Å²) in [6, 6.07) is 7.65. The van der Waals surface area contributed by atoms with Gasteiger partial charge >= 0.3 is 0 Å². The number of hydrogen-bond donors (Lipinski definition) is 1. The van der Waals surface area contributed by atoms with Gasteiger partial charge in [-0.25, -0.2) is 0 Å². The summed E-state index contributed by atoms with van der Waals surface area (Å²) in [6.45, 7) is 7.46. The van der Waals surface area contributed by atoms with Crippen LogP contribution in [0.3, 0.4) is 0 Å². The maximum Gasteiger partial charge on any atom is 0.0935 e. The van der Waals surface area contributed by atoms with Gasteiger partial charge in [-0.3, -0.25) is 0 Å². The molecule has 1 aliphatic heterocycles. The topological polar surface area (TPSA) is 23.5 Å². The van der Waals surface area contributed by atoms with Gasteiger partial charge in [0, 0.05) is 30.2 Å². The van der Waals surface area contributed by atoms with Crippen LogP contribution in [0, 0.1) is 5.92 Å². The normalized spacial score (nSPS) is 20.3. The van der Waals surface area contributed by atoms with E-state index in [1.165, 1.54) is 0 Å². The molecular formula is C15H22ClNO. The number of nitrogens with zero attached hydrogens (tertiary/aromatic N) is 1. The first-order valence-corrected chi connectivity index (χ1v) is 7.09. The number of rotatable bonds is 3. The Bertz CT molecular complexity index is 397. The van der Waals surface area contributed by atoms with Gasteiger partial charge in [-0.2, -0.15) is 0 Å². The van der Waals surface area contributed by atoms with Gasteiger partial charge < -0.3 is 10.0 Å². The summed E-state index contributed by atoms with van der Waals surface area (Å²) < 4.78 is 0. The quantitative estimate of drug-likeness (QED) is 0.909. The maximum atomic E-state index is 10.8. The van der Waals surface area contributed by atoms with Crippen LogP contribution in [0.4, 0.5) is 0 Å². The molecule has 0 radical (unpaired) electrons. The second-order valence-corrected chi connectivity index (χ2v) is 6.11. The lowest BCUT2D eigenvalue weighted by Gasteiger charge is -2.39. The van der Waals surface area contributed by atoms with E-state index < -0.39 is 5.60 Å². The molecule has 100 valence electrons. The zero-order chi connectivity index (χ0) is 13.2. The van der Waals surface area contributed by atoms with Crippen molar-refractivity contribution in [3.63, 3.8) is 0 Å². The molecule has 0 bridgehead atoms. The van der Waals surface area contributed by atoms with Crippen molar-refractivity contribution in [3.05, 3.63) is 34.9 Å². The van der Waals surface area contributed by atoms with Crippen LogP contribution in [-0.2, 0) is 5.60 Å². The highest BCUT2D eigenvalue weighted by Gasteiger charge is 2.35. The molecule has 1 aromatic rings. The molecule has 1 N–H and O–H groups in total. The summed E-state index contributed by atoms with van der Waals surface area (Å²) in [7, 11) is 0. The van der Waals surface area contributed by atoms with Gasteiger partial charge in [-0.15, -0.1) is 0 Å². The lowest BCUT2D eigenvalue weighted by Crippen LogP contribution is -2.43. The highest BCUT2D eigenvalue weighted by Crippen LogP contribution is 2.36. The molecule has 1 aromatic carbocycles. The van der Waals surface area contributed by atoms with Gasteiger partial charge in [-0.05, 0) is 24.8 Å². The van der Waals surface area contributed by atoms with Crippen molar-refractivity contribution in [2.24, 2.45) is 5.92 Å². The second kappa shape index (κ2) is 5.60. The number of piperidine rings is 1. The van der Waals surface area contributed by atoms with E-state index in [4.69, 9.17) is 11.6 Å². The molecule has 0 atom stereocenters. The number of benzene rings is 1. The molecule has 0 aromatic heterocycles. The molecule has 1 heterocycles. The summed E-state index contributed by atoms with van der Waals surface area (Å²) in [6.07, 6.45) is 1.53. The summed E-state index contributed by atoms with van der Waals surface area (Å²) in [5, 5.41) is 11.4. The van der Waals surface area contributed by atoms with Crippen molar-refractivity contribution >= 4 is 11.6 Å². The average Bonchev–Trinajstić information content (AvgIpc) is 2.32. The number of hydrogen-bond acceptors (Lipinski definition) is 2. The Labute approximate surface area is 115 Å². The number of halogens is 1. The first-order chi connectivity index (χ1) is 8.51. The Morgan fingerprint density at radius 3 is 2.44 bits per heavy atom. The third-order valence-electron chi connectivity index (χ3n) is 3.68. The third kappa shape index (κ3) is 3.05. The minimum atomic E-state index is -0.744. The molecule has 2 nitrogen and oxygen atoms in total. The van der Waals surface area contributed by atoms with Crippen molar-refractivity contribution in [2.45, 2.75) is 32.3 Å². The van der Waals surface area contributed by atoms with E-state index in [9.17, 15) is 5.11 Å². The molecule has 0 unspecified atom stereocenters. The van der Waals surface area contributed by atoms with Crippen LogP contribution in [-0.4, -0.2) is 29.6 Å². The van der Waals surface area contributed by atoms with Crippen LogP contribution in [0.15, 0.2) is 24.3 Å². The van der Waals surface area contributed by atoms with Gasteiger partial charge in [0.25, 0.3) is 0 Å². The van der Waals surface area contributed by atoms with Crippen molar-refractivity contribution in [3.8, 4) is 0 Å². The van der Waals surface area contributed by atoms with Crippen molar-refractivity contribution in [1.29, 1.82) is 0 Å². The van der Waals surface area contributed by atoms with Crippen LogP contribution in [0.2, 0.25) is 5.02 Å². The van der Waals surface area contributed by atoms with E-state index in [0.29, 0.717) is 10.9 Å². The smallest absolute Gasteiger partial charge is 0.0935 e. The van der Waals surface area contributed by atoms with Gasteiger partial charge in [-0.1, -0.05) is 43.6 Å². The average molecular weight is 268 g/mol. The summed E-state index contributed by atoms with van der Waals surface area (Å²) in [5.74, 6) is 0.677. The molecule has 3 heteroatoms. The van der Waals surface area contributed by atoms with Crippen molar-refractivity contribution in [2.75, 3.05) is 19.6 Å².